The molecule has 90 valence electrons. The van der Waals surface area contributed by atoms with Crippen molar-refractivity contribution in [2.45, 2.75) is 38.6 Å². The third kappa shape index (κ3) is 3.28. The van der Waals surface area contributed by atoms with Crippen LogP contribution >= 0.6 is 11.3 Å². The van der Waals surface area contributed by atoms with E-state index in [0.29, 0.717) is 13.0 Å². The average Bonchev–Trinajstić information content (AvgIpc) is 2.80. The zero-order valence-electron chi connectivity index (χ0n) is 9.82. The van der Waals surface area contributed by atoms with Crippen LogP contribution < -0.4 is 11.1 Å². The van der Waals surface area contributed by atoms with Crippen molar-refractivity contribution in [3.05, 3.63) is 16.6 Å². The van der Waals surface area contributed by atoms with Crippen LogP contribution in [0.3, 0.4) is 0 Å². The molecule has 16 heavy (non-hydrogen) atoms. The maximum atomic E-state index is 11.7. The lowest BCUT2D eigenvalue weighted by Gasteiger charge is -2.27. The van der Waals surface area contributed by atoms with Crippen LogP contribution in [0.5, 0.6) is 0 Å². The third-order valence-electron chi connectivity index (χ3n) is 2.63. The van der Waals surface area contributed by atoms with Gasteiger partial charge in [0.25, 0.3) is 0 Å². The van der Waals surface area contributed by atoms with Gasteiger partial charge in [-0.2, -0.15) is 0 Å². The van der Waals surface area contributed by atoms with Crippen molar-refractivity contribution in [1.82, 2.24) is 10.3 Å². The summed E-state index contributed by atoms with van der Waals surface area (Å²) >= 11 is 1.57. The predicted molar refractivity (Wildman–Crippen MR) is 66.2 cm³/mol. The smallest absolute Gasteiger partial charge is 0.220 e. The molecule has 0 fully saturated rings. The first-order valence-electron chi connectivity index (χ1n) is 5.53. The Morgan fingerprint density at radius 2 is 2.44 bits per heavy atom. The number of nitrogens with two attached hydrogens (primary N) is 1. The van der Waals surface area contributed by atoms with Crippen LogP contribution in [0.2, 0.25) is 0 Å². The van der Waals surface area contributed by atoms with Crippen LogP contribution in [0, 0.1) is 0 Å². The molecule has 0 spiro atoms. The van der Waals surface area contributed by atoms with Crippen molar-refractivity contribution in [1.29, 1.82) is 0 Å². The van der Waals surface area contributed by atoms with Gasteiger partial charge in [0.2, 0.25) is 5.91 Å². The standard InChI is InChI=1S/C11H19N3OS/c1-3-11(2,10-13-7-8-16-10)14-9(15)5-4-6-12/h7-8H,3-6,12H2,1-2H3,(H,14,15). The minimum absolute atomic E-state index is 0.0463. The normalized spacial score (nSPS) is 14.4. The fourth-order valence-electron chi connectivity index (χ4n) is 1.42. The van der Waals surface area contributed by atoms with E-state index in [9.17, 15) is 4.79 Å². The fraction of sp³-hybridized carbons (Fsp3) is 0.636. The van der Waals surface area contributed by atoms with Gasteiger partial charge >= 0.3 is 0 Å². The van der Waals surface area contributed by atoms with Gasteiger partial charge in [0, 0.05) is 18.0 Å². The molecule has 0 aliphatic rings. The third-order valence-corrected chi connectivity index (χ3v) is 3.67. The summed E-state index contributed by atoms with van der Waals surface area (Å²) in [6.45, 7) is 4.60. The van der Waals surface area contributed by atoms with Gasteiger partial charge in [0.15, 0.2) is 0 Å². The Bertz CT molecular complexity index is 326. The SMILES string of the molecule is CCC(C)(NC(=O)CCCN)c1nccs1. The molecule has 1 unspecified atom stereocenters. The first-order chi connectivity index (χ1) is 7.62. The molecule has 1 heterocycles. The van der Waals surface area contributed by atoms with E-state index in [1.807, 2.05) is 19.2 Å². The van der Waals surface area contributed by atoms with E-state index in [1.54, 1.807) is 17.5 Å². The van der Waals surface area contributed by atoms with E-state index in [-0.39, 0.29) is 11.4 Å². The van der Waals surface area contributed by atoms with E-state index in [1.165, 1.54) is 0 Å². The first kappa shape index (κ1) is 13.1. The van der Waals surface area contributed by atoms with E-state index < -0.39 is 0 Å². The summed E-state index contributed by atoms with van der Waals surface area (Å²) in [4.78, 5) is 16.0. The van der Waals surface area contributed by atoms with Crippen molar-refractivity contribution in [3.63, 3.8) is 0 Å². The van der Waals surface area contributed by atoms with E-state index in [0.717, 1.165) is 17.8 Å². The van der Waals surface area contributed by atoms with Gasteiger partial charge in [0.05, 0.1) is 5.54 Å². The quantitative estimate of drug-likeness (QED) is 0.795. The molecule has 4 nitrogen and oxygen atoms in total. The van der Waals surface area contributed by atoms with Gasteiger partial charge in [-0.3, -0.25) is 4.79 Å². The maximum absolute atomic E-state index is 11.7. The largest absolute Gasteiger partial charge is 0.344 e. The van der Waals surface area contributed by atoms with E-state index in [4.69, 9.17) is 5.73 Å². The zero-order chi connectivity index (χ0) is 12.0. The molecule has 0 aliphatic heterocycles. The van der Waals surface area contributed by atoms with Gasteiger partial charge in [-0.05, 0) is 26.3 Å². The minimum atomic E-state index is -0.347. The average molecular weight is 241 g/mol. The molecular weight excluding hydrogens is 222 g/mol. The Kier molecular flexibility index (Phi) is 4.89. The number of carbonyl (C=O) groups excluding carboxylic acids is 1. The summed E-state index contributed by atoms with van der Waals surface area (Å²) in [5, 5.41) is 5.91. The summed E-state index contributed by atoms with van der Waals surface area (Å²) in [7, 11) is 0. The second-order valence-electron chi connectivity index (χ2n) is 3.96. The molecule has 0 saturated carbocycles. The van der Waals surface area contributed by atoms with E-state index >= 15 is 0 Å². The summed E-state index contributed by atoms with van der Waals surface area (Å²) in [6, 6.07) is 0. The number of thiazole rings is 1. The molecule has 1 atom stereocenters. The maximum Gasteiger partial charge on any atom is 0.220 e. The van der Waals surface area contributed by atoms with Gasteiger partial charge in [0.1, 0.15) is 5.01 Å². The van der Waals surface area contributed by atoms with Crippen molar-refractivity contribution >= 4 is 17.2 Å². The Morgan fingerprint density at radius 1 is 1.69 bits per heavy atom. The molecule has 5 heteroatoms. The molecule has 1 amide bonds. The Labute approximate surface area is 100 Å². The zero-order valence-corrected chi connectivity index (χ0v) is 10.6. The highest BCUT2D eigenvalue weighted by Gasteiger charge is 2.28. The highest BCUT2D eigenvalue weighted by atomic mass is 32.1. The number of hydrogen-bond donors (Lipinski definition) is 2. The highest BCUT2D eigenvalue weighted by Crippen LogP contribution is 2.26. The van der Waals surface area contributed by atoms with Crippen LogP contribution in [0.15, 0.2) is 11.6 Å². The molecular formula is C11H19N3OS. The van der Waals surface area contributed by atoms with Crippen molar-refractivity contribution in [3.8, 4) is 0 Å². The lowest BCUT2D eigenvalue weighted by molar-refractivity contribution is -0.123. The topological polar surface area (TPSA) is 68.0 Å². The van der Waals surface area contributed by atoms with Crippen LogP contribution in [-0.4, -0.2) is 17.4 Å². The van der Waals surface area contributed by atoms with Gasteiger partial charge in [-0.25, -0.2) is 4.98 Å². The number of rotatable bonds is 6. The number of carbonyl (C=O) groups is 1. The molecule has 1 aromatic heterocycles. The van der Waals surface area contributed by atoms with E-state index in [2.05, 4.69) is 10.3 Å². The molecule has 0 bridgehead atoms. The molecule has 0 aromatic carbocycles. The van der Waals surface area contributed by atoms with Crippen molar-refractivity contribution in [2.75, 3.05) is 6.54 Å². The first-order valence-corrected chi connectivity index (χ1v) is 6.41. The monoisotopic (exact) mass is 241 g/mol. The van der Waals surface area contributed by atoms with Crippen molar-refractivity contribution < 1.29 is 4.79 Å². The molecule has 1 aromatic rings. The Morgan fingerprint density at radius 3 is 2.94 bits per heavy atom. The molecule has 0 radical (unpaired) electrons. The number of aromatic nitrogens is 1. The number of hydrogen-bond acceptors (Lipinski definition) is 4. The van der Waals surface area contributed by atoms with Gasteiger partial charge in [-0.1, -0.05) is 6.92 Å². The number of nitrogens with zero attached hydrogens (tertiary/aromatic N) is 1. The molecule has 3 N–H and O–H groups in total. The fourth-order valence-corrected chi connectivity index (χ4v) is 2.25. The summed E-state index contributed by atoms with van der Waals surface area (Å²) in [5.74, 6) is 0.0463. The van der Waals surface area contributed by atoms with Gasteiger partial charge < -0.3 is 11.1 Å². The molecule has 0 aliphatic carbocycles. The van der Waals surface area contributed by atoms with Crippen LogP contribution in [-0.2, 0) is 10.3 Å². The molecule has 0 saturated heterocycles. The van der Waals surface area contributed by atoms with Crippen LogP contribution in [0.1, 0.15) is 38.1 Å². The summed E-state index contributed by atoms with van der Waals surface area (Å²) < 4.78 is 0. The lowest BCUT2D eigenvalue weighted by Crippen LogP contribution is -2.43. The lowest BCUT2D eigenvalue weighted by atomic mass is 9.99. The molecule has 1 rings (SSSR count). The summed E-state index contributed by atoms with van der Waals surface area (Å²) in [6.07, 6.45) is 3.80. The van der Waals surface area contributed by atoms with Crippen LogP contribution in [0.25, 0.3) is 0 Å². The summed E-state index contributed by atoms with van der Waals surface area (Å²) in [5.41, 5.74) is 5.03. The van der Waals surface area contributed by atoms with Crippen molar-refractivity contribution in [2.24, 2.45) is 5.73 Å². The van der Waals surface area contributed by atoms with Crippen LogP contribution in [0.4, 0.5) is 0 Å². The second-order valence-corrected chi connectivity index (χ2v) is 4.86. The minimum Gasteiger partial charge on any atom is -0.344 e. The Hall–Kier alpha value is -0.940. The Balaban J connectivity index is 2.64. The highest BCUT2D eigenvalue weighted by molar-refractivity contribution is 7.09. The number of nitrogens with one attached hydrogen (secondary N) is 1. The van der Waals surface area contributed by atoms with Gasteiger partial charge in [-0.15, -0.1) is 11.3 Å². The predicted octanol–water partition coefficient (Wildman–Crippen LogP) is 1.62. The second kappa shape index (κ2) is 5.96. The number of amides is 1.